The van der Waals surface area contributed by atoms with Crippen LogP contribution in [-0.2, 0) is 0 Å². The van der Waals surface area contributed by atoms with E-state index in [4.69, 9.17) is 0 Å². The van der Waals surface area contributed by atoms with Gasteiger partial charge in [-0.2, -0.15) is 15.0 Å². The number of rotatable bonds is 4. The van der Waals surface area contributed by atoms with Gasteiger partial charge in [0.05, 0.1) is 5.69 Å². The van der Waals surface area contributed by atoms with E-state index in [-0.39, 0.29) is 5.82 Å². The van der Waals surface area contributed by atoms with Gasteiger partial charge >= 0.3 is 0 Å². The zero-order valence-corrected chi connectivity index (χ0v) is 13.4. The molecule has 0 saturated heterocycles. The molecule has 0 bridgehead atoms. The van der Waals surface area contributed by atoms with Crippen LogP contribution >= 0.6 is 22.6 Å². The topological polar surface area (TPSA) is 66.0 Å². The Bertz CT molecular complexity index is 619. The van der Waals surface area contributed by atoms with Gasteiger partial charge in [0.1, 0.15) is 5.82 Å². The average molecular weight is 388 g/mol. The van der Waals surface area contributed by atoms with Crippen molar-refractivity contribution in [2.24, 2.45) is 0 Å². The first-order valence-electron chi connectivity index (χ1n) is 5.83. The summed E-state index contributed by atoms with van der Waals surface area (Å²) in [5, 5.41) is 5.95. The Morgan fingerprint density at radius 1 is 1.15 bits per heavy atom. The monoisotopic (exact) mass is 388 g/mol. The van der Waals surface area contributed by atoms with Gasteiger partial charge in [-0.3, -0.25) is 0 Å². The van der Waals surface area contributed by atoms with Crippen LogP contribution in [0.25, 0.3) is 0 Å². The van der Waals surface area contributed by atoms with Crippen molar-refractivity contribution in [3.8, 4) is 0 Å². The predicted molar refractivity (Wildman–Crippen MR) is 86.1 cm³/mol. The maximum Gasteiger partial charge on any atom is 0.233 e. The molecule has 0 aliphatic rings. The molecule has 1 aromatic carbocycles. The summed E-state index contributed by atoms with van der Waals surface area (Å²) >= 11 is 2.05. The van der Waals surface area contributed by atoms with Crippen LogP contribution < -0.4 is 15.5 Å². The van der Waals surface area contributed by atoms with Crippen molar-refractivity contribution in [2.45, 2.75) is 0 Å². The van der Waals surface area contributed by atoms with Crippen LogP contribution in [0.2, 0.25) is 0 Å². The maximum atomic E-state index is 13.1. The van der Waals surface area contributed by atoms with E-state index < -0.39 is 0 Å². The van der Waals surface area contributed by atoms with E-state index in [1.807, 2.05) is 14.1 Å². The van der Waals surface area contributed by atoms with E-state index in [2.05, 4.69) is 48.2 Å². The van der Waals surface area contributed by atoms with Gasteiger partial charge in [0.25, 0.3) is 0 Å². The number of anilines is 4. The lowest BCUT2D eigenvalue weighted by Crippen LogP contribution is -2.15. The van der Waals surface area contributed by atoms with E-state index in [9.17, 15) is 4.39 Å². The van der Waals surface area contributed by atoms with Gasteiger partial charge in [-0.15, -0.1) is 0 Å². The van der Waals surface area contributed by atoms with Crippen LogP contribution in [0.15, 0.2) is 18.2 Å². The number of nitrogens with zero attached hydrogens (tertiary/aromatic N) is 4. The van der Waals surface area contributed by atoms with Gasteiger partial charge < -0.3 is 15.5 Å². The molecule has 0 radical (unpaired) electrons. The van der Waals surface area contributed by atoms with Crippen LogP contribution in [0.1, 0.15) is 0 Å². The Morgan fingerprint density at radius 3 is 2.45 bits per heavy atom. The summed E-state index contributed by atoms with van der Waals surface area (Å²) in [6, 6.07) is 4.47. The molecule has 0 spiro atoms. The van der Waals surface area contributed by atoms with E-state index >= 15 is 0 Å². The molecule has 20 heavy (non-hydrogen) atoms. The second-order valence-corrected chi connectivity index (χ2v) is 5.34. The third-order valence-electron chi connectivity index (χ3n) is 2.42. The molecule has 1 aromatic heterocycles. The minimum absolute atomic E-state index is 0.277. The third-order valence-corrected chi connectivity index (χ3v) is 3.32. The third kappa shape index (κ3) is 3.44. The van der Waals surface area contributed by atoms with Crippen molar-refractivity contribution in [3.63, 3.8) is 0 Å². The zero-order valence-electron chi connectivity index (χ0n) is 11.3. The first kappa shape index (κ1) is 14.7. The van der Waals surface area contributed by atoms with Crippen LogP contribution in [0.5, 0.6) is 0 Å². The highest BCUT2D eigenvalue weighted by Gasteiger charge is 2.09. The van der Waals surface area contributed by atoms with Gasteiger partial charge in [0.15, 0.2) is 0 Å². The molecule has 0 aliphatic heterocycles. The molecule has 0 saturated carbocycles. The molecule has 1 heterocycles. The predicted octanol–water partition coefficient (Wildman–Crippen LogP) is 2.47. The fourth-order valence-electron chi connectivity index (χ4n) is 1.44. The SMILES string of the molecule is CNc1nc(Nc2ccc(F)cc2I)nc(N(C)C)n1. The Kier molecular flexibility index (Phi) is 4.53. The lowest BCUT2D eigenvalue weighted by molar-refractivity contribution is 0.627. The summed E-state index contributed by atoms with van der Waals surface area (Å²) in [6.45, 7) is 0. The quantitative estimate of drug-likeness (QED) is 0.785. The largest absolute Gasteiger partial charge is 0.357 e. The molecular formula is C12H14FIN6. The van der Waals surface area contributed by atoms with Crippen LogP contribution in [0.3, 0.4) is 0 Å². The fraction of sp³-hybridized carbons (Fsp3) is 0.250. The highest BCUT2D eigenvalue weighted by atomic mass is 127. The van der Waals surface area contributed by atoms with Crippen molar-refractivity contribution < 1.29 is 4.39 Å². The van der Waals surface area contributed by atoms with Gasteiger partial charge in [-0.1, -0.05) is 0 Å². The Balaban J connectivity index is 2.34. The second kappa shape index (κ2) is 6.16. The summed E-state index contributed by atoms with van der Waals surface area (Å²) in [5.74, 6) is 1.12. The lowest BCUT2D eigenvalue weighted by atomic mass is 10.3. The standard InChI is InChI=1S/C12H14FIN6/c1-15-10-17-11(19-12(18-10)20(2)3)16-9-5-4-7(13)6-8(9)14/h4-6H,1-3H3,(H2,15,16,17,18,19). The van der Waals surface area contributed by atoms with Crippen molar-refractivity contribution in [1.82, 2.24) is 15.0 Å². The Labute approximate surface area is 130 Å². The van der Waals surface area contributed by atoms with Gasteiger partial charge in [0, 0.05) is 24.7 Å². The normalized spacial score (nSPS) is 10.2. The van der Waals surface area contributed by atoms with E-state index in [0.717, 1.165) is 9.26 Å². The highest BCUT2D eigenvalue weighted by molar-refractivity contribution is 14.1. The van der Waals surface area contributed by atoms with Gasteiger partial charge in [-0.25, -0.2) is 4.39 Å². The molecule has 6 nitrogen and oxygen atoms in total. The van der Waals surface area contributed by atoms with Gasteiger partial charge in [0.2, 0.25) is 17.8 Å². The molecule has 2 rings (SSSR count). The number of benzene rings is 1. The lowest BCUT2D eigenvalue weighted by Gasteiger charge is -2.13. The van der Waals surface area contributed by atoms with Crippen molar-refractivity contribution in [3.05, 3.63) is 27.6 Å². The molecule has 106 valence electrons. The first-order chi connectivity index (χ1) is 9.49. The Morgan fingerprint density at radius 2 is 1.85 bits per heavy atom. The molecule has 0 aliphatic carbocycles. The summed E-state index contributed by atoms with van der Waals surface area (Å²) in [7, 11) is 5.43. The highest BCUT2D eigenvalue weighted by Crippen LogP contribution is 2.22. The first-order valence-corrected chi connectivity index (χ1v) is 6.90. The smallest absolute Gasteiger partial charge is 0.233 e. The van der Waals surface area contributed by atoms with Crippen molar-refractivity contribution in [2.75, 3.05) is 36.7 Å². The molecule has 2 aromatic rings. The Hall–Kier alpha value is -1.71. The number of halogens is 2. The molecule has 0 atom stereocenters. The fourth-order valence-corrected chi connectivity index (χ4v) is 2.06. The minimum atomic E-state index is -0.277. The second-order valence-electron chi connectivity index (χ2n) is 4.18. The molecule has 0 fully saturated rings. The zero-order chi connectivity index (χ0) is 14.7. The molecule has 2 N–H and O–H groups in total. The summed E-state index contributed by atoms with van der Waals surface area (Å²) in [4.78, 5) is 14.5. The number of hydrogen-bond donors (Lipinski definition) is 2. The molecule has 0 amide bonds. The summed E-state index contributed by atoms with van der Waals surface area (Å²) < 4.78 is 13.8. The average Bonchev–Trinajstić information content (AvgIpc) is 2.41. The van der Waals surface area contributed by atoms with Crippen molar-refractivity contribution in [1.29, 1.82) is 0 Å². The number of nitrogens with one attached hydrogen (secondary N) is 2. The number of hydrogen-bond acceptors (Lipinski definition) is 6. The van der Waals surface area contributed by atoms with E-state index in [0.29, 0.717) is 17.8 Å². The van der Waals surface area contributed by atoms with Crippen molar-refractivity contribution >= 4 is 46.1 Å². The molecular weight excluding hydrogens is 374 g/mol. The van der Waals surface area contributed by atoms with Crippen LogP contribution in [0.4, 0.5) is 27.9 Å². The van der Waals surface area contributed by atoms with Crippen LogP contribution in [0, 0.1) is 9.39 Å². The molecule has 0 unspecified atom stereocenters. The molecule has 8 heteroatoms. The van der Waals surface area contributed by atoms with E-state index in [1.54, 1.807) is 18.0 Å². The van der Waals surface area contributed by atoms with Gasteiger partial charge in [-0.05, 0) is 40.8 Å². The summed E-state index contributed by atoms with van der Waals surface area (Å²) in [6.07, 6.45) is 0. The maximum absolute atomic E-state index is 13.1. The minimum Gasteiger partial charge on any atom is -0.357 e. The number of aromatic nitrogens is 3. The van der Waals surface area contributed by atoms with Crippen LogP contribution in [-0.4, -0.2) is 36.1 Å². The summed E-state index contributed by atoms with van der Waals surface area (Å²) in [5.41, 5.74) is 0.741. The van der Waals surface area contributed by atoms with E-state index in [1.165, 1.54) is 12.1 Å².